The zero-order chi connectivity index (χ0) is 25.9. The smallest absolute Gasteiger partial charge is 0.217 e. The van der Waals surface area contributed by atoms with Gasteiger partial charge < -0.3 is 14.6 Å². The molecule has 0 radical (unpaired) electrons. The van der Waals surface area contributed by atoms with E-state index in [2.05, 4.69) is 18.0 Å². The summed E-state index contributed by atoms with van der Waals surface area (Å²) >= 11 is 0. The molecule has 38 heavy (non-hydrogen) atoms. The Bertz CT molecular complexity index is 1590. The Morgan fingerprint density at radius 1 is 1.03 bits per heavy atom. The van der Waals surface area contributed by atoms with Crippen LogP contribution in [0.1, 0.15) is 44.2 Å². The topological polar surface area (TPSA) is 63.9 Å². The Morgan fingerprint density at radius 3 is 2.53 bits per heavy atom. The molecule has 1 N–H and O–H groups in total. The van der Waals surface area contributed by atoms with Crippen molar-refractivity contribution >= 4 is 16.8 Å². The van der Waals surface area contributed by atoms with E-state index in [9.17, 15) is 13.9 Å². The summed E-state index contributed by atoms with van der Waals surface area (Å²) in [4.78, 5) is 9.33. The third kappa shape index (κ3) is 4.37. The van der Waals surface area contributed by atoms with E-state index in [1.165, 1.54) is 24.3 Å². The van der Waals surface area contributed by atoms with E-state index in [-0.39, 0.29) is 55.1 Å². The number of ether oxygens (including phenoxy) is 2. The molecule has 1 aromatic heterocycles. The Balaban J connectivity index is 0.00000294. The fourth-order valence-corrected chi connectivity index (χ4v) is 5.36. The normalized spacial score (nSPS) is 22.0. The Morgan fingerprint density at radius 2 is 1.79 bits per heavy atom. The van der Waals surface area contributed by atoms with Crippen molar-refractivity contribution in [2.75, 3.05) is 0 Å². The summed E-state index contributed by atoms with van der Waals surface area (Å²) in [5.74, 6) is -0.603. The van der Waals surface area contributed by atoms with Gasteiger partial charge in [-0.2, -0.15) is 0 Å². The molecule has 0 spiro atoms. The molecule has 2 aliphatic rings. The molecule has 0 unspecified atom stereocenters. The van der Waals surface area contributed by atoms with Crippen LogP contribution in [-0.2, 0) is 25.8 Å². The van der Waals surface area contributed by atoms with Gasteiger partial charge in [0.05, 0.1) is 5.54 Å². The number of aromatic nitrogens is 1. The zero-order valence-corrected chi connectivity index (χ0v) is 23.3. The fraction of sp³-hybridized carbons (Fsp3) is 0.267. The molecule has 1 aliphatic carbocycles. The van der Waals surface area contributed by atoms with Crippen molar-refractivity contribution in [2.24, 2.45) is 4.99 Å². The van der Waals surface area contributed by atoms with Crippen molar-refractivity contribution in [3.63, 3.8) is 0 Å². The summed E-state index contributed by atoms with van der Waals surface area (Å²) in [5, 5.41) is 11.1. The maximum Gasteiger partial charge on any atom is 0.217 e. The van der Waals surface area contributed by atoms with E-state index in [0.29, 0.717) is 17.0 Å². The van der Waals surface area contributed by atoms with Gasteiger partial charge in [-0.1, -0.05) is 29.3 Å². The van der Waals surface area contributed by atoms with Gasteiger partial charge in [-0.3, -0.25) is 4.99 Å². The summed E-state index contributed by atoms with van der Waals surface area (Å²) in [6, 6.07) is 17.0. The average Bonchev–Trinajstić information content (AvgIpc) is 3.26. The van der Waals surface area contributed by atoms with Crippen molar-refractivity contribution in [3.05, 3.63) is 83.4 Å². The van der Waals surface area contributed by atoms with Gasteiger partial charge in [0.15, 0.2) is 0 Å². The van der Waals surface area contributed by atoms with Crippen LogP contribution in [0.4, 0.5) is 8.78 Å². The Kier molecular flexibility index (Phi) is 6.55. The van der Waals surface area contributed by atoms with E-state index in [1.807, 2.05) is 19.9 Å². The van der Waals surface area contributed by atoms with E-state index < -0.39 is 17.2 Å². The van der Waals surface area contributed by atoms with Gasteiger partial charge in [0, 0.05) is 43.8 Å². The number of aliphatic imine (C=N–C) groups is 1. The molecular weight excluding hydrogens is 669 g/mol. The molecule has 6 rings (SSSR count). The van der Waals surface area contributed by atoms with Gasteiger partial charge in [0.2, 0.25) is 5.88 Å². The van der Waals surface area contributed by atoms with Crippen LogP contribution in [0.5, 0.6) is 17.4 Å². The van der Waals surface area contributed by atoms with Gasteiger partial charge in [-0.05, 0) is 75.9 Å². The first-order chi connectivity index (χ1) is 17.6. The molecule has 8 heteroatoms. The predicted molar refractivity (Wildman–Crippen MR) is 137 cm³/mol. The number of halogens is 2. The van der Waals surface area contributed by atoms with Crippen LogP contribution >= 0.6 is 0 Å². The first-order valence-electron chi connectivity index (χ1n) is 12.2. The summed E-state index contributed by atoms with van der Waals surface area (Å²) < 4.78 is 41.9. The molecule has 2 atom stereocenters. The van der Waals surface area contributed by atoms with Crippen LogP contribution in [0.15, 0.2) is 59.6 Å². The van der Waals surface area contributed by atoms with Crippen LogP contribution in [0.3, 0.4) is 0 Å². The number of benzene rings is 3. The number of nitrogens with zero attached hydrogens (tertiary/aromatic N) is 2. The monoisotopic (exact) mass is 694 g/mol. The van der Waals surface area contributed by atoms with E-state index in [0.717, 1.165) is 30.2 Å². The third-order valence-corrected chi connectivity index (χ3v) is 7.56. The second kappa shape index (κ2) is 9.46. The summed E-state index contributed by atoms with van der Waals surface area (Å²) in [5.41, 5.74) is 0.971. The standard InChI is InChI=1S/C30H25F2N2O3.Pt/c1-17-12-18-8-9-25(33-27(18)24(35)13-17)36-21-15-19(26-22(31)6-4-7-23(26)32)14-20(16-21)28-34-29(2)10-5-11-30(29,3)37-28;/h4,6-9,12-15,35H,5,10-11H2,1-3H3;/q-1;/t29-,30+;/m0./s1. The zero-order valence-electron chi connectivity index (χ0n) is 21.0. The molecule has 4 aromatic rings. The first kappa shape index (κ1) is 26.3. The largest absolute Gasteiger partial charge is 0.512 e. The summed E-state index contributed by atoms with van der Waals surface area (Å²) in [6.45, 7) is 6.00. The van der Waals surface area contributed by atoms with Gasteiger partial charge in [0.25, 0.3) is 0 Å². The molecule has 1 aliphatic heterocycles. The maximum atomic E-state index is 14.8. The minimum absolute atomic E-state index is 0. The molecule has 5 nitrogen and oxygen atoms in total. The average molecular weight is 695 g/mol. The molecule has 0 amide bonds. The first-order valence-corrected chi connectivity index (χ1v) is 12.2. The number of rotatable bonds is 4. The Labute approximate surface area is 233 Å². The minimum atomic E-state index is -0.697. The van der Waals surface area contributed by atoms with Gasteiger partial charge in [0.1, 0.15) is 34.4 Å². The van der Waals surface area contributed by atoms with E-state index in [4.69, 9.17) is 14.5 Å². The number of phenols is 1. The van der Waals surface area contributed by atoms with Crippen molar-refractivity contribution in [1.29, 1.82) is 0 Å². The van der Waals surface area contributed by atoms with Crippen LogP contribution in [-0.4, -0.2) is 27.1 Å². The molecule has 2 heterocycles. The predicted octanol–water partition coefficient (Wildman–Crippen LogP) is 7.26. The molecule has 198 valence electrons. The molecule has 0 saturated heterocycles. The van der Waals surface area contributed by atoms with E-state index >= 15 is 0 Å². The van der Waals surface area contributed by atoms with E-state index in [1.54, 1.807) is 24.3 Å². The fourth-order valence-electron chi connectivity index (χ4n) is 5.36. The van der Waals surface area contributed by atoms with Gasteiger partial charge in [-0.25, -0.2) is 13.8 Å². The molecule has 1 fully saturated rings. The second-order valence-corrected chi connectivity index (χ2v) is 10.2. The summed E-state index contributed by atoms with van der Waals surface area (Å²) in [7, 11) is 0. The van der Waals surface area contributed by atoms with Crippen LogP contribution < -0.4 is 4.74 Å². The number of aryl methyl sites for hydroxylation is 1. The van der Waals surface area contributed by atoms with Crippen LogP contribution in [0, 0.1) is 24.6 Å². The van der Waals surface area contributed by atoms with Crippen molar-refractivity contribution < 1.29 is 44.4 Å². The second-order valence-electron chi connectivity index (χ2n) is 10.2. The van der Waals surface area contributed by atoms with Gasteiger partial charge in [-0.15, -0.1) is 6.07 Å². The SMILES string of the molecule is Cc1cc(O)c2nc(Oc3[c-]c(C4=N[C@@]5(C)CCC[C@@]5(C)O4)cc(-c4c(F)cccc4F)c3)ccc2c1.[Pt]. The number of hydrogen-bond donors (Lipinski definition) is 1. The Hall–Kier alpha value is -3.31. The van der Waals surface area contributed by atoms with Crippen molar-refractivity contribution in [2.45, 2.75) is 51.2 Å². The maximum absolute atomic E-state index is 14.8. The number of pyridine rings is 1. The molecule has 1 saturated carbocycles. The quantitative estimate of drug-likeness (QED) is 0.229. The van der Waals surface area contributed by atoms with Crippen LogP contribution in [0.2, 0.25) is 0 Å². The molecule has 3 aromatic carbocycles. The van der Waals surface area contributed by atoms with Crippen molar-refractivity contribution in [1.82, 2.24) is 4.98 Å². The minimum Gasteiger partial charge on any atom is -0.512 e. The third-order valence-electron chi connectivity index (χ3n) is 7.56. The number of hydrogen-bond acceptors (Lipinski definition) is 5. The summed E-state index contributed by atoms with van der Waals surface area (Å²) in [6.07, 6.45) is 2.77. The van der Waals surface area contributed by atoms with Crippen molar-refractivity contribution in [3.8, 4) is 28.5 Å². The molecular formula is C30H25F2N2O3Pt-. The van der Waals surface area contributed by atoms with Gasteiger partial charge >= 0.3 is 0 Å². The number of phenolic OH excluding ortho intramolecular Hbond substituents is 1. The number of fused-ring (bicyclic) bond motifs is 2. The molecule has 0 bridgehead atoms. The number of aromatic hydroxyl groups is 1. The van der Waals surface area contributed by atoms with Crippen LogP contribution in [0.25, 0.3) is 22.0 Å².